The van der Waals surface area contributed by atoms with Crippen molar-refractivity contribution < 1.29 is 8.42 Å². The topological polar surface area (TPSA) is 77.7 Å². The van der Waals surface area contributed by atoms with E-state index in [0.717, 1.165) is 0 Å². The zero-order valence-corrected chi connectivity index (χ0v) is 10.3. The largest absolute Gasteiger partial charge is 0.272 e. The predicted molar refractivity (Wildman–Crippen MR) is 61.5 cm³/mol. The highest BCUT2D eigenvalue weighted by Crippen LogP contribution is 2.15. The van der Waals surface area contributed by atoms with Crippen molar-refractivity contribution in [3.05, 3.63) is 30.3 Å². The summed E-state index contributed by atoms with van der Waals surface area (Å²) in [7, 11) is -3.49. The molecule has 0 fully saturated rings. The Kier molecular flexibility index (Phi) is 2.93. The van der Waals surface area contributed by atoms with Crippen molar-refractivity contribution in [2.45, 2.75) is 24.3 Å². The highest BCUT2D eigenvalue weighted by Gasteiger charge is 2.27. The Labute approximate surface area is 99.2 Å². The number of rotatable bonds is 3. The summed E-state index contributed by atoms with van der Waals surface area (Å²) in [5.41, 5.74) is 0.622. The number of tetrazole rings is 1. The number of nitrogens with zero attached hydrogens (tertiary/aromatic N) is 4. The molecular formula is C10H12N4O2S. The summed E-state index contributed by atoms with van der Waals surface area (Å²) in [5.74, 6) is 0. The van der Waals surface area contributed by atoms with Gasteiger partial charge in [0.2, 0.25) is 9.84 Å². The summed E-state index contributed by atoms with van der Waals surface area (Å²) >= 11 is 0. The lowest BCUT2D eigenvalue weighted by Crippen LogP contribution is -2.19. The molecule has 0 unspecified atom stereocenters. The maximum Gasteiger partial charge on any atom is 0.272 e. The van der Waals surface area contributed by atoms with Crippen LogP contribution in [0.15, 0.2) is 35.5 Å². The molecule has 0 spiro atoms. The molecule has 0 aliphatic heterocycles. The van der Waals surface area contributed by atoms with E-state index in [9.17, 15) is 8.42 Å². The van der Waals surface area contributed by atoms with E-state index < -0.39 is 15.1 Å². The van der Waals surface area contributed by atoms with E-state index in [-0.39, 0.29) is 5.16 Å². The number of sulfone groups is 1. The van der Waals surface area contributed by atoms with E-state index in [1.54, 1.807) is 38.1 Å². The van der Waals surface area contributed by atoms with Crippen LogP contribution in [0.3, 0.4) is 0 Å². The third-order valence-corrected chi connectivity index (χ3v) is 4.32. The van der Waals surface area contributed by atoms with Gasteiger partial charge in [-0.2, -0.15) is 4.68 Å². The third-order valence-electron chi connectivity index (χ3n) is 2.32. The molecule has 0 aliphatic carbocycles. The van der Waals surface area contributed by atoms with Crippen LogP contribution in [0.2, 0.25) is 0 Å². The van der Waals surface area contributed by atoms with Gasteiger partial charge >= 0.3 is 0 Å². The lowest BCUT2D eigenvalue weighted by molar-refractivity contribution is 0.571. The minimum Gasteiger partial charge on any atom is -0.220 e. The average molecular weight is 252 g/mol. The summed E-state index contributed by atoms with van der Waals surface area (Å²) in [4.78, 5) is 0. The van der Waals surface area contributed by atoms with E-state index in [2.05, 4.69) is 15.5 Å². The molecule has 0 radical (unpaired) electrons. The summed E-state index contributed by atoms with van der Waals surface area (Å²) in [5, 5.41) is 10.1. The van der Waals surface area contributed by atoms with Crippen molar-refractivity contribution in [2.75, 3.05) is 0 Å². The first-order chi connectivity index (χ1) is 8.03. The third kappa shape index (κ3) is 2.05. The van der Waals surface area contributed by atoms with E-state index in [1.807, 2.05) is 6.07 Å². The van der Waals surface area contributed by atoms with Crippen LogP contribution in [-0.4, -0.2) is 33.9 Å². The minimum atomic E-state index is -3.49. The van der Waals surface area contributed by atoms with Crippen molar-refractivity contribution in [3.8, 4) is 5.69 Å². The number of para-hydroxylation sites is 1. The van der Waals surface area contributed by atoms with Crippen molar-refractivity contribution >= 4 is 9.84 Å². The van der Waals surface area contributed by atoms with Gasteiger partial charge in [-0.3, -0.25) is 0 Å². The van der Waals surface area contributed by atoms with Crippen molar-refractivity contribution in [1.29, 1.82) is 0 Å². The maximum atomic E-state index is 12.0. The van der Waals surface area contributed by atoms with Gasteiger partial charge in [0.25, 0.3) is 5.16 Å². The molecule has 0 bridgehead atoms. The summed E-state index contributed by atoms with van der Waals surface area (Å²) in [6, 6.07) is 8.92. The van der Waals surface area contributed by atoms with Gasteiger partial charge in [0, 0.05) is 0 Å². The van der Waals surface area contributed by atoms with Gasteiger partial charge in [-0.1, -0.05) is 23.3 Å². The van der Waals surface area contributed by atoms with Crippen LogP contribution in [0.4, 0.5) is 0 Å². The van der Waals surface area contributed by atoms with Crippen LogP contribution in [-0.2, 0) is 9.84 Å². The molecule has 1 heterocycles. The standard InChI is InChI=1S/C10H12N4O2S/c1-8(2)17(15,16)10-11-12-13-14(10)9-6-4-3-5-7-9/h3-8H,1-2H3. The number of benzene rings is 1. The molecule has 0 amide bonds. The fraction of sp³-hybridized carbons (Fsp3) is 0.300. The van der Waals surface area contributed by atoms with Gasteiger partial charge in [-0.05, 0) is 36.4 Å². The van der Waals surface area contributed by atoms with Crippen LogP contribution in [0.1, 0.15) is 13.8 Å². The summed E-state index contributed by atoms with van der Waals surface area (Å²) in [6.07, 6.45) is 0. The van der Waals surface area contributed by atoms with Gasteiger partial charge in [-0.15, -0.1) is 0 Å². The van der Waals surface area contributed by atoms with Crippen LogP contribution in [0.5, 0.6) is 0 Å². The molecule has 1 aromatic carbocycles. The first-order valence-electron chi connectivity index (χ1n) is 5.11. The Morgan fingerprint density at radius 3 is 2.41 bits per heavy atom. The molecule has 0 saturated heterocycles. The molecule has 0 atom stereocenters. The molecular weight excluding hydrogens is 240 g/mol. The molecule has 1 aromatic heterocycles. The monoisotopic (exact) mass is 252 g/mol. The molecule has 2 aromatic rings. The molecule has 6 nitrogen and oxygen atoms in total. The Morgan fingerprint density at radius 1 is 1.18 bits per heavy atom. The van der Waals surface area contributed by atoms with E-state index in [0.29, 0.717) is 5.69 Å². The number of hydrogen-bond acceptors (Lipinski definition) is 5. The molecule has 7 heteroatoms. The second kappa shape index (κ2) is 4.25. The van der Waals surface area contributed by atoms with Gasteiger partial charge in [0.15, 0.2) is 0 Å². The Morgan fingerprint density at radius 2 is 1.82 bits per heavy atom. The summed E-state index contributed by atoms with van der Waals surface area (Å²) < 4.78 is 25.3. The predicted octanol–water partition coefficient (Wildman–Crippen LogP) is 0.844. The second-order valence-electron chi connectivity index (χ2n) is 3.80. The lowest BCUT2D eigenvalue weighted by Gasteiger charge is -2.07. The Hall–Kier alpha value is -1.76. The number of aromatic nitrogens is 4. The van der Waals surface area contributed by atoms with Crippen molar-refractivity contribution in [1.82, 2.24) is 20.2 Å². The van der Waals surface area contributed by atoms with Gasteiger partial charge in [-0.25, -0.2) is 8.42 Å². The SMILES string of the molecule is CC(C)S(=O)(=O)c1nnnn1-c1ccccc1. The molecule has 90 valence electrons. The normalized spacial score (nSPS) is 11.9. The fourth-order valence-electron chi connectivity index (χ4n) is 1.30. The van der Waals surface area contributed by atoms with Crippen LogP contribution in [0, 0.1) is 0 Å². The minimum absolute atomic E-state index is 0.126. The smallest absolute Gasteiger partial charge is 0.220 e. The molecule has 17 heavy (non-hydrogen) atoms. The highest BCUT2D eigenvalue weighted by atomic mass is 32.2. The van der Waals surface area contributed by atoms with Crippen molar-refractivity contribution in [2.24, 2.45) is 0 Å². The molecule has 2 rings (SSSR count). The Bertz CT molecular complexity index is 604. The first kappa shape index (κ1) is 11.7. The van der Waals surface area contributed by atoms with Gasteiger partial charge in [0.1, 0.15) is 0 Å². The summed E-state index contributed by atoms with van der Waals surface area (Å²) in [6.45, 7) is 3.19. The van der Waals surface area contributed by atoms with Gasteiger partial charge < -0.3 is 0 Å². The highest BCUT2D eigenvalue weighted by molar-refractivity contribution is 7.91. The molecule has 0 N–H and O–H groups in total. The first-order valence-corrected chi connectivity index (χ1v) is 6.66. The zero-order valence-electron chi connectivity index (χ0n) is 9.48. The quantitative estimate of drug-likeness (QED) is 0.809. The van der Waals surface area contributed by atoms with Crippen molar-refractivity contribution in [3.63, 3.8) is 0 Å². The average Bonchev–Trinajstić information content (AvgIpc) is 2.79. The number of hydrogen-bond donors (Lipinski definition) is 0. The molecule has 0 saturated carbocycles. The van der Waals surface area contributed by atoms with Crippen LogP contribution >= 0.6 is 0 Å². The lowest BCUT2D eigenvalue weighted by atomic mass is 10.3. The molecule has 0 aliphatic rings. The van der Waals surface area contributed by atoms with Crippen LogP contribution < -0.4 is 0 Å². The van der Waals surface area contributed by atoms with E-state index in [1.165, 1.54) is 4.68 Å². The fourth-order valence-corrected chi connectivity index (χ4v) is 2.25. The maximum absolute atomic E-state index is 12.0. The van der Waals surface area contributed by atoms with E-state index >= 15 is 0 Å². The second-order valence-corrected chi connectivity index (χ2v) is 6.20. The zero-order chi connectivity index (χ0) is 12.5. The van der Waals surface area contributed by atoms with Crippen LogP contribution in [0.25, 0.3) is 5.69 Å². The van der Waals surface area contributed by atoms with Gasteiger partial charge in [0.05, 0.1) is 10.9 Å². The van der Waals surface area contributed by atoms with E-state index in [4.69, 9.17) is 0 Å². The Balaban J connectivity index is 2.58.